The van der Waals surface area contributed by atoms with Gasteiger partial charge in [-0.1, -0.05) is 0 Å². The molecule has 0 aliphatic carbocycles. The van der Waals surface area contributed by atoms with E-state index in [1.807, 2.05) is 22.6 Å². The van der Waals surface area contributed by atoms with Gasteiger partial charge in [0.1, 0.15) is 0 Å². The van der Waals surface area contributed by atoms with Crippen LogP contribution in [0.4, 0.5) is 8.78 Å². The van der Waals surface area contributed by atoms with Crippen LogP contribution < -0.4 is 5.32 Å². The zero-order valence-electron chi connectivity index (χ0n) is 7.30. The molecule has 1 aromatic heterocycles. The van der Waals surface area contributed by atoms with Crippen LogP contribution in [0.1, 0.15) is 5.69 Å². The summed E-state index contributed by atoms with van der Waals surface area (Å²) in [6, 6.07) is 0. The molecular weight excluding hydrogens is 307 g/mol. The minimum atomic E-state index is -2.98. The van der Waals surface area contributed by atoms with Crippen molar-refractivity contribution in [1.29, 1.82) is 0 Å². The van der Waals surface area contributed by atoms with Crippen molar-refractivity contribution in [3.8, 4) is 0 Å². The number of amides is 1. The lowest BCUT2D eigenvalue weighted by atomic mass is 10.4. The Balaban J connectivity index is 2.54. The summed E-state index contributed by atoms with van der Waals surface area (Å²) in [6.07, 6.45) is -1.24. The van der Waals surface area contributed by atoms with Gasteiger partial charge in [0.2, 0.25) is 0 Å². The third kappa shape index (κ3) is 2.89. The second-order valence-corrected chi connectivity index (χ2v) is 3.78. The Kier molecular flexibility index (Phi) is 3.78. The molecule has 78 valence electrons. The molecule has 0 radical (unpaired) electrons. The molecule has 0 fully saturated rings. The van der Waals surface area contributed by atoms with Crippen LogP contribution >= 0.6 is 22.6 Å². The molecule has 0 saturated carbocycles. The first kappa shape index (κ1) is 11.3. The van der Waals surface area contributed by atoms with Gasteiger partial charge < -0.3 is 5.32 Å². The summed E-state index contributed by atoms with van der Waals surface area (Å²) in [6.45, 7) is 0.0300. The van der Waals surface area contributed by atoms with Crippen LogP contribution in [-0.2, 0) is 18.4 Å². The average Bonchev–Trinajstić information content (AvgIpc) is 2.40. The highest BCUT2D eigenvalue weighted by Crippen LogP contribution is 2.08. The topological polar surface area (TPSA) is 46.9 Å². The van der Waals surface area contributed by atoms with Gasteiger partial charge in [-0.15, -0.1) is 0 Å². The molecule has 1 rings (SSSR count). The van der Waals surface area contributed by atoms with Gasteiger partial charge in [0.15, 0.2) is 0 Å². The number of nitrogens with zero attached hydrogens (tertiary/aromatic N) is 2. The van der Waals surface area contributed by atoms with E-state index in [1.165, 1.54) is 0 Å². The number of hydrogen-bond acceptors (Lipinski definition) is 2. The number of halogens is 3. The monoisotopic (exact) mass is 315 g/mol. The molecule has 1 aromatic rings. The van der Waals surface area contributed by atoms with Crippen LogP contribution in [0.2, 0.25) is 0 Å². The SMILES string of the molecule is Cn1cc(I)c(CNC(=O)C(F)F)n1. The van der Waals surface area contributed by atoms with Crippen molar-refractivity contribution in [2.45, 2.75) is 13.0 Å². The molecular formula is C7H8F2IN3O. The van der Waals surface area contributed by atoms with Crippen LogP contribution in [0, 0.1) is 3.57 Å². The van der Waals surface area contributed by atoms with Gasteiger partial charge in [-0.05, 0) is 22.6 Å². The fourth-order valence-corrected chi connectivity index (χ4v) is 1.58. The molecule has 0 aliphatic rings. The van der Waals surface area contributed by atoms with E-state index in [4.69, 9.17) is 0 Å². The Morgan fingerprint density at radius 1 is 1.79 bits per heavy atom. The van der Waals surface area contributed by atoms with Crippen LogP contribution in [0.5, 0.6) is 0 Å². The third-order valence-electron chi connectivity index (χ3n) is 1.48. The number of nitrogens with one attached hydrogen (secondary N) is 1. The molecule has 0 aliphatic heterocycles. The van der Waals surface area contributed by atoms with Crippen molar-refractivity contribution in [1.82, 2.24) is 15.1 Å². The molecule has 1 N–H and O–H groups in total. The molecule has 4 nitrogen and oxygen atoms in total. The smallest absolute Gasteiger partial charge is 0.315 e. The maximum atomic E-state index is 11.8. The summed E-state index contributed by atoms with van der Waals surface area (Å²) in [5.41, 5.74) is 0.585. The van der Waals surface area contributed by atoms with E-state index >= 15 is 0 Å². The van der Waals surface area contributed by atoms with Gasteiger partial charge in [-0.2, -0.15) is 13.9 Å². The number of alkyl halides is 2. The number of aryl methyl sites for hydroxylation is 1. The lowest BCUT2D eigenvalue weighted by Gasteiger charge is -2.01. The summed E-state index contributed by atoms with van der Waals surface area (Å²) in [7, 11) is 1.72. The first-order valence-corrected chi connectivity index (χ1v) is 4.82. The van der Waals surface area contributed by atoms with Crippen molar-refractivity contribution in [2.75, 3.05) is 0 Å². The predicted molar refractivity (Wildman–Crippen MR) is 53.8 cm³/mol. The Morgan fingerprint density at radius 3 is 2.86 bits per heavy atom. The Bertz CT molecular complexity index is 340. The number of carbonyl (C=O) groups is 1. The van der Waals surface area contributed by atoms with Crippen LogP contribution in [-0.4, -0.2) is 22.1 Å². The van der Waals surface area contributed by atoms with E-state index in [9.17, 15) is 13.6 Å². The minimum Gasteiger partial charge on any atom is -0.345 e. The quantitative estimate of drug-likeness (QED) is 0.843. The maximum absolute atomic E-state index is 11.8. The van der Waals surface area contributed by atoms with Gasteiger partial charge in [-0.25, -0.2) is 0 Å². The lowest BCUT2D eigenvalue weighted by Crippen LogP contribution is -2.29. The fourth-order valence-electron chi connectivity index (χ4n) is 0.873. The van der Waals surface area contributed by atoms with Crippen LogP contribution in [0.3, 0.4) is 0 Å². The Hall–Kier alpha value is -0.730. The molecule has 0 atom stereocenters. The summed E-state index contributed by atoms with van der Waals surface area (Å²) < 4.78 is 26.0. The summed E-state index contributed by atoms with van der Waals surface area (Å²) in [4.78, 5) is 10.5. The number of rotatable bonds is 3. The molecule has 7 heteroatoms. The van der Waals surface area contributed by atoms with Crippen molar-refractivity contribution in [2.24, 2.45) is 7.05 Å². The first-order valence-electron chi connectivity index (χ1n) is 3.74. The third-order valence-corrected chi connectivity index (χ3v) is 2.38. The van der Waals surface area contributed by atoms with E-state index in [0.29, 0.717) is 5.69 Å². The molecule has 0 saturated heterocycles. The van der Waals surface area contributed by atoms with E-state index in [-0.39, 0.29) is 6.54 Å². The standard InChI is InChI=1S/C7H8F2IN3O/c1-13-3-4(10)5(12-13)2-11-7(14)6(8)9/h3,6H,2H2,1H3,(H,11,14). The summed E-state index contributed by atoms with van der Waals surface area (Å²) in [5.74, 6) is -1.27. The van der Waals surface area contributed by atoms with Crippen molar-refractivity contribution < 1.29 is 13.6 Å². The number of carbonyl (C=O) groups excluding carboxylic acids is 1. The van der Waals surface area contributed by atoms with E-state index in [2.05, 4.69) is 10.4 Å². The highest BCUT2D eigenvalue weighted by Gasteiger charge is 2.15. The minimum absolute atomic E-state index is 0.0300. The zero-order chi connectivity index (χ0) is 10.7. The highest BCUT2D eigenvalue weighted by atomic mass is 127. The van der Waals surface area contributed by atoms with Crippen molar-refractivity contribution in [3.63, 3.8) is 0 Å². The zero-order valence-corrected chi connectivity index (χ0v) is 9.46. The van der Waals surface area contributed by atoms with Gasteiger partial charge in [-0.3, -0.25) is 9.48 Å². The Labute approximate surface area is 92.8 Å². The van der Waals surface area contributed by atoms with Crippen LogP contribution in [0.25, 0.3) is 0 Å². The van der Waals surface area contributed by atoms with Gasteiger partial charge in [0.25, 0.3) is 5.91 Å². The largest absolute Gasteiger partial charge is 0.345 e. The normalized spacial score (nSPS) is 10.6. The molecule has 0 bridgehead atoms. The fraction of sp³-hybridized carbons (Fsp3) is 0.429. The molecule has 1 heterocycles. The molecule has 0 aromatic carbocycles. The van der Waals surface area contributed by atoms with Gasteiger partial charge in [0.05, 0.1) is 15.8 Å². The second kappa shape index (κ2) is 4.67. The van der Waals surface area contributed by atoms with E-state index in [0.717, 1.165) is 3.57 Å². The molecule has 1 amide bonds. The van der Waals surface area contributed by atoms with Crippen molar-refractivity contribution >= 4 is 28.5 Å². The predicted octanol–water partition coefficient (Wildman–Crippen LogP) is 0.906. The summed E-state index contributed by atoms with van der Waals surface area (Å²) >= 11 is 2.02. The van der Waals surface area contributed by atoms with Gasteiger partial charge >= 0.3 is 6.43 Å². The maximum Gasteiger partial charge on any atom is 0.315 e. The average molecular weight is 315 g/mol. The second-order valence-electron chi connectivity index (χ2n) is 2.62. The highest BCUT2D eigenvalue weighted by molar-refractivity contribution is 14.1. The number of aromatic nitrogens is 2. The van der Waals surface area contributed by atoms with Crippen molar-refractivity contribution in [3.05, 3.63) is 15.5 Å². The number of hydrogen-bond donors (Lipinski definition) is 1. The lowest BCUT2D eigenvalue weighted by molar-refractivity contribution is -0.131. The van der Waals surface area contributed by atoms with E-state index in [1.54, 1.807) is 17.9 Å². The first-order chi connectivity index (χ1) is 6.50. The molecule has 0 spiro atoms. The summed E-state index contributed by atoms with van der Waals surface area (Å²) in [5, 5.41) is 6.07. The van der Waals surface area contributed by atoms with Gasteiger partial charge in [0, 0.05) is 13.2 Å². The Morgan fingerprint density at radius 2 is 2.43 bits per heavy atom. The molecule has 14 heavy (non-hydrogen) atoms. The molecule has 0 unspecified atom stereocenters. The van der Waals surface area contributed by atoms with E-state index < -0.39 is 12.3 Å². The van der Waals surface area contributed by atoms with Crippen LogP contribution in [0.15, 0.2) is 6.20 Å².